The van der Waals surface area contributed by atoms with Crippen molar-refractivity contribution in [2.45, 2.75) is 632 Å². The summed E-state index contributed by atoms with van der Waals surface area (Å²) >= 11 is 2.05. The second-order valence-electron chi connectivity index (χ2n) is 38.2. The predicted octanol–water partition coefficient (Wildman–Crippen LogP) is 41.7. The third kappa shape index (κ3) is 61.9. The van der Waals surface area contributed by atoms with Crippen molar-refractivity contribution in [1.29, 1.82) is 0 Å². The van der Waals surface area contributed by atoms with Gasteiger partial charge in [-0.25, -0.2) is 4.70 Å². The molecule has 2 nitrogen and oxygen atoms in total. The summed E-state index contributed by atoms with van der Waals surface area (Å²) in [6.07, 6.45) is 120. The van der Waals surface area contributed by atoms with Crippen LogP contribution in [0.25, 0.3) is 16.9 Å². The summed E-state index contributed by atoms with van der Waals surface area (Å²) in [5, 5.41) is 2.87. The molecule has 0 saturated heterocycles. The summed E-state index contributed by atoms with van der Waals surface area (Å²) in [6, 6.07) is 9.98. The molecule has 3 heteroatoms. The molecule has 2 aromatic rings. The molecule has 0 aliphatic carbocycles. The van der Waals surface area contributed by atoms with Gasteiger partial charge < -0.3 is 5.53 Å². The van der Waals surface area contributed by atoms with Crippen LogP contribution in [0, 0.1) is 13.8 Å². The van der Waals surface area contributed by atoms with E-state index in [1.165, 1.54) is 580 Å². The summed E-state index contributed by atoms with van der Waals surface area (Å²) in [5.41, 5.74) is 29.5. The Kier molecular flexibility index (Phi) is 81.8. The maximum absolute atomic E-state index is 13.0. The number of rotatable bonds is 90. The van der Waals surface area contributed by atoms with Crippen molar-refractivity contribution in [1.82, 2.24) is 0 Å². The SMILES string of the molecule is CCCCCCCCCCCCCCCCCCCCCCCCC1=C(c2cc(CCCC)c(C)c(CCCC)c2)[N+](=[N-])C(c2cc(CCCC)c(C)c(CCCC)c2)=C1CCCCCCCC.CCCCCCCCCCCCCCCCCCCCCCC[CH2][Ni][CH2]CCCCCCCCCCCCCCCCCCCCCCC. The molecule has 1 heterocycles. The standard InChI is InChI=1S/C66H112N2.2C24H49.Ni/c1-9-15-21-23-25-26-27-28-29-30-31-32-33-34-35-36-37-38-39-40-42-44-50-64-63(49-43-41-24-22-16-10-2)65(61-51-57(45-17-11-3)55(7)58(52-61)46-18-12-4)68(67)66(64)62-53-59(47-19-13-5)56(8)60(54-62)48-20-14-6;2*1-3-5-7-9-11-13-15-17-19-21-23-24-22-20-18-16-14-12-10-8-6-4-2;/h51-54H,9-50H2,1-8H3;2*1,3-24H2,2H3;. The van der Waals surface area contributed by atoms with Gasteiger partial charge in [0.05, 0.1) is 0 Å². The van der Waals surface area contributed by atoms with Crippen molar-refractivity contribution >= 4 is 11.4 Å². The van der Waals surface area contributed by atoms with Crippen LogP contribution in [-0.4, -0.2) is 4.70 Å². The van der Waals surface area contributed by atoms with E-state index in [9.17, 15) is 5.53 Å². The molecular weight excluding hydrogens is 1460 g/mol. The molecule has 0 spiro atoms. The van der Waals surface area contributed by atoms with E-state index in [1.54, 1.807) is 4.70 Å². The summed E-state index contributed by atoms with van der Waals surface area (Å²) in [4.78, 5) is 0. The van der Waals surface area contributed by atoms with E-state index in [-0.39, 0.29) is 0 Å². The van der Waals surface area contributed by atoms with E-state index in [0.29, 0.717) is 0 Å². The first-order valence-electron chi connectivity index (χ1n) is 54.4. The molecule has 0 amide bonds. The summed E-state index contributed by atoms with van der Waals surface area (Å²) in [7, 11) is 0. The average molecular weight is 1670 g/mol. The van der Waals surface area contributed by atoms with Crippen LogP contribution in [0.15, 0.2) is 35.4 Å². The fourth-order valence-electron chi connectivity index (χ4n) is 18.9. The Hall–Kier alpha value is -1.99. The van der Waals surface area contributed by atoms with E-state index in [0.717, 1.165) is 49.9 Å². The second-order valence-corrected chi connectivity index (χ2v) is 39.7. The third-order valence-corrected chi connectivity index (χ3v) is 28.5. The molecule has 0 fully saturated rings. The van der Waals surface area contributed by atoms with Gasteiger partial charge in [-0.3, -0.25) is 0 Å². The minimum atomic E-state index is 1.05. The first-order chi connectivity index (χ1) is 57.8. The molecule has 0 aromatic heterocycles. The van der Waals surface area contributed by atoms with Gasteiger partial charge in [0.15, 0.2) is 0 Å². The van der Waals surface area contributed by atoms with Gasteiger partial charge in [0.2, 0.25) is 11.4 Å². The van der Waals surface area contributed by atoms with Crippen LogP contribution < -0.4 is 0 Å². The molecule has 0 bridgehead atoms. The number of hydrogen-bond acceptors (Lipinski definition) is 0. The molecule has 1 aliphatic rings. The Morgan fingerprint density at radius 3 is 0.496 bits per heavy atom. The van der Waals surface area contributed by atoms with Gasteiger partial charge in [-0.1, -0.05) is 389 Å². The zero-order valence-corrected chi connectivity index (χ0v) is 82.7. The van der Waals surface area contributed by atoms with E-state index in [4.69, 9.17) is 0 Å². The van der Waals surface area contributed by atoms with Crippen LogP contribution in [0.4, 0.5) is 0 Å². The molecule has 3 rings (SSSR count). The van der Waals surface area contributed by atoms with Gasteiger partial charge in [-0.05, 0) is 149 Å². The molecule has 1 aliphatic heterocycles. The number of aryl methyl sites for hydroxylation is 4. The number of hydrogen-bond donors (Lipinski definition) is 0. The van der Waals surface area contributed by atoms with E-state index in [1.807, 2.05) is 0 Å². The van der Waals surface area contributed by atoms with E-state index < -0.39 is 0 Å². The Morgan fingerprint density at radius 2 is 0.333 bits per heavy atom. The fourth-order valence-corrected chi connectivity index (χ4v) is 20.1. The summed E-state index contributed by atoms with van der Waals surface area (Å²) < 4.78 is 1.73. The first-order valence-corrected chi connectivity index (χ1v) is 55.8. The molecule has 686 valence electrons. The minimum absolute atomic E-state index is 1.05. The van der Waals surface area contributed by atoms with Crippen molar-refractivity contribution in [2.75, 3.05) is 0 Å². The quantitative estimate of drug-likeness (QED) is 0.0358. The van der Waals surface area contributed by atoms with Crippen molar-refractivity contribution in [3.63, 3.8) is 0 Å². The fraction of sp³-hybridized carbons (Fsp3) is 0.860. The third-order valence-electron chi connectivity index (χ3n) is 27.1. The van der Waals surface area contributed by atoms with Gasteiger partial charge in [-0.15, -0.1) is 0 Å². The Morgan fingerprint density at radius 1 is 0.188 bits per heavy atom. The first kappa shape index (κ1) is 111. The zero-order chi connectivity index (χ0) is 84.3. The van der Waals surface area contributed by atoms with Crippen LogP contribution in [-0.2, 0) is 40.1 Å². The van der Waals surface area contributed by atoms with Crippen LogP contribution >= 0.6 is 0 Å². The Bertz CT molecular complexity index is 2420. The van der Waals surface area contributed by atoms with Crippen LogP contribution in [0.1, 0.15) is 626 Å². The van der Waals surface area contributed by atoms with Gasteiger partial charge >= 0.3 is 166 Å². The Labute approximate surface area is 743 Å². The number of nitrogens with zero attached hydrogens (tertiary/aromatic N) is 2. The van der Waals surface area contributed by atoms with Crippen molar-refractivity contribution < 1.29 is 19.1 Å². The van der Waals surface area contributed by atoms with Crippen LogP contribution in [0.5, 0.6) is 0 Å². The van der Waals surface area contributed by atoms with E-state index in [2.05, 4.69) is 108 Å². The Balaban J connectivity index is 0.000000840. The molecular formula is C114H210N2Ni. The zero-order valence-electron chi connectivity index (χ0n) is 81.7. The number of unbranched alkanes of at least 4 members (excludes halogenated alkanes) is 72. The molecule has 0 atom stereocenters. The molecule has 2 aromatic carbocycles. The van der Waals surface area contributed by atoms with Gasteiger partial charge in [-0.2, -0.15) is 0 Å². The van der Waals surface area contributed by atoms with Crippen molar-refractivity contribution in [3.05, 3.63) is 85.5 Å². The topological polar surface area (TPSA) is 25.3 Å². The monoisotopic (exact) mass is 1670 g/mol. The predicted molar refractivity (Wildman–Crippen MR) is 528 cm³/mol. The molecule has 0 N–H and O–H groups in total. The number of allylic oxidation sites excluding steroid dienone is 2. The summed E-state index contributed by atoms with van der Waals surface area (Å²) in [5.74, 6) is 0. The molecule has 0 unspecified atom stereocenters. The van der Waals surface area contributed by atoms with Crippen LogP contribution in [0.2, 0.25) is 10.8 Å². The minimum Gasteiger partial charge on any atom is -0.0654 e. The smallest absolute Gasteiger partial charge is 0.0654 e. The second kappa shape index (κ2) is 86.1. The van der Waals surface area contributed by atoms with Crippen molar-refractivity contribution in [3.8, 4) is 0 Å². The van der Waals surface area contributed by atoms with E-state index >= 15 is 0 Å². The summed E-state index contributed by atoms with van der Waals surface area (Å²) in [6.45, 7) is 23.3. The van der Waals surface area contributed by atoms with Gasteiger partial charge in [0.25, 0.3) is 0 Å². The molecule has 0 radical (unpaired) electrons. The van der Waals surface area contributed by atoms with Gasteiger partial charge in [0.1, 0.15) is 0 Å². The van der Waals surface area contributed by atoms with Crippen molar-refractivity contribution in [2.24, 2.45) is 0 Å². The number of benzene rings is 2. The average Bonchev–Trinajstić information content (AvgIpc) is 1.60. The normalized spacial score (nSPS) is 12.5. The van der Waals surface area contributed by atoms with Crippen LogP contribution in [0.3, 0.4) is 0 Å². The van der Waals surface area contributed by atoms with Gasteiger partial charge in [0, 0.05) is 22.3 Å². The maximum atomic E-state index is 13.0. The molecule has 117 heavy (non-hydrogen) atoms. The molecule has 0 saturated carbocycles.